The van der Waals surface area contributed by atoms with Crippen molar-refractivity contribution in [2.45, 2.75) is 44.0 Å². The zero-order chi connectivity index (χ0) is 17.5. The van der Waals surface area contributed by atoms with Crippen molar-refractivity contribution in [2.75, 3.05) is 0 Å². The minimum Gasteiger partial charge on any atom is -0.436 e. The molecule has 0 amide bonds. The van der Waals surface area contributed by atoms with Gasteiger partial charge in [-0.2, -0.15) is 0 Å². The molecular weight excluding hydrogens is 365 g/mol. The first-order chi connectivity index (χ1) is 11.2. The van der Waals surface area contributed by atoms with Gasteiger partial charge in [-0.05, 0) is 63.0 Å². The van der Waals surface area contributed by atoms with Crippen molar-refractivity contribution in [1.82, 2.24) is 0 Å². The molecule has 4 atom stereocenters. The average Bonchev–Trinajstić information content (AvgIpc) is 2.76. The van der Waals surface area contributed by atoms with Gasteiger partial charge in [0.05, 0.1) is 10.5 Å². The Morgan fingerprint density at radius 1 is 1.54 bits per heavy atom. The summed E-state index contributed by atoms with van der Waals surface area (Å²) in [6.45, 7) is 8.29. The van der Waals surface area contributed by atoms with Crippen LogP contribution in [0.5, 0.6) is 5.75 Å². The summed E-state index contributed by atoms with van der Waals surface area (Å²) < 4.78 is 12.2. The highest BCUT2D eigenvalue weighted by atomic mass is 32.9. The molecule has 0 unspecified atom stereocenters. The van der Waals surface area contributed by atoms with E-state index in [9.17, 15) is 10.1 Å². The number of fused-ring (bicyclic) bond motifs is 1. The third-order valence-electron chi connectivity index (χ3n) is 4.71. The topological polar surface area (TPSA) is 61.6 Å². The number of rotatable bonds is 4. The molecule has 24 heavy (non-hydrogen) atoms. The molecule has 1 heterocycles. The van der Waals surface area contributed by atoms with Crippen LogP contribution in [-0.2, 0) is 16.3 Å². The third-order valence-corrected chi connectivity index (χ3v) is 10.2. The highest BCUT2D eigenvalue weighted by Crippen LogP contribution is 2.74. The molecule has 130 valence electrons. The molecule has 1 aromatic rings. The van der Waals surface area contributed by atoms with E-state index in [-0.39, 0.29) is 11.3 Å². The van der Waals surface area contributed by atoms with E-state index < -0.39 is 10.6 Å². The van der Waals surface area contributed by atoms with Gasteiger partial charge < -0.3 is 9.05 Å². The molecule has 0 N–H and O–H groups in total. The highest BCUT2D eigenvalue weighted by Gasteiger charge is 2.53. The standard InChI is InChI=1S/C16H20NO4PS2/c1-11(2)12-8-9-16(3)15(10-12)24-22(23,21-16)20-14-6-4-13(5-7-14)17(18)19/h4-7,12,15H,1,8-10H2,2-3H3/t12-,15-,16+,22+/m0/s1. The SMILES string of the molecule is C=C(C)[C@H]1CC[C@@]2(C)O[P@@](=S)(Oc3ccc([N+](=O)[O-])cc3)S[C@H]2C1. The first kappa shape index (κ1) is 17.9. The maximum atomic E-state index is 10.7. The van der Waals surface area contributed by atoms with E-state index in [1.165, 1.54) is 17.7 Å². The molecule has 0 bridgehead atoms. The van der Waals surface area contributed by atoms with Gasteiger partial charge in [0.15, 0.2) is 0 Å². The Morgan fingerprint density at radius 3 is 2.79 bits per heavy atom. The number of hydrogen-bond donors (Lipinski definition) is 0. The van der Waals surface area contributed by atoms with E-state index in [0.717, 1.165) is 19.3 Å². The first-order valence-electron chi connectivity index (χ1n) is 7.79. The molecule has 2 aliphatic rings. The van der Waals surface area contributed by atoms with E-state index >= 15 is 0 Å². The van der Waals surface area contributed by atoms with Crippen LogP contribution in [0.25, 0.3) is 0 Å². The number of allylic oxidation sites excluding steroid dienone is 1. The Bertz CT molecular complexity index is 723. The molecule has 0 spiro atoms. The molecule has 0 radical (unpaired) electrons. The molecule has 1 aromatic carbocycles. The lowest BCUT2D eigenvalue weighted by molar-refractivity contribution is -0.384. The zero-order valence-electron chi connectivity index (χ0n) is 13.6. The van der Waals surface area contributed by atoms with Gasteiger partial charge in [-0.15, -0.1) is 0 Å². The molecule has 3 rings (SSSR count). The van der Waals surface area contributed by atoms with Crippen molar-refractivity contribution in [3.63, 3.8) is 0 Å². The summed E-state index contributed by atoms with van der Waals surface area (Å²) in [6.07, 6.45) is 3.03. The normalized spacial score (nSPS) is 35.2. The van der Waals surface area contributed by atoms with Gasteiger partial charge in [0.25, 0.3) is 11.4 Å². The number of nitro benzene ring substituents is 1. The monoisotopic (exact) mass is 385 g/mol. The van der Waals surface area contributed by atoms with Crippen molar-refractivity contribution in [1.29, 1.82) is 0 Å². The summed E-state index contributed by atoms with van der Waals surface area (Å²) >= 11 is 7.33. The summed E-state index contributed by atoms with van der Waals surface area (Å²) in [7, 11) is 0. The molecule has 2 fully saturated rings. The quantitative estimate of drug-likeness (QED) is 0.297. The number of nitro groups is 1. The van der Waals surface area contributed by atoms with Crippen molar-refractivity contribution in [2.24, 2.45) is 5.92 Å². The van der Waals surface area contributed by atoms with E-state index in [2.05, 4.69) is 20.4 Å². The largest absolute Gasteiger partial charge is 0.436 e. The second-order valence-electron chi connectivity index (χ2n) is 6.61. The minimum absolute atomic E-state index is 0.0315. The van der Waals surface area contributed by atoms with Crippen LogP contribution < -0.4 is 4.52 Å². The highest BCUT2D eigenvalue weighted by molar-refractivity contribution is 8.68. The van der Waals surface area contributed by atoms with Crippen LogP contribution in [0.2, 0.25) is 0 Å². The van der Waals surface area contributed by atoms with Crippen LogP contribution in [0.1, 0.15) is 33.1 Å². The maximum absolute atomic E-state index is 10.7. The van der Waals surface area contributed by atoms with Gasteiger partial charge in [-0.3, -0.25) is 10.1 Å². The van der Waals surface area contributed by atoms with Gasteiger partial charge in [-0.25, -0.2) is 0 Å². The van der Waals surface area contributed by atoms with Gasteiger partial charge in [0.2, 0.25) is 0 Å². The Hall–Kier alpha value is -0.880. The maximum Gasteiger partial charge on any atom is 0.298 e. The van der Waals surface area contributed by atoms with Gasteiger partial charge in [-0.1, -0.05) is 23.5 Å². The van der Waals surface area contributed by atoms with Gasteiger partial charge in [0.1, 0.15) is 5.75 Å². The van der Waals surface area contributed by atoms with E-state index in [0.29, 0.717) is 16.9 Å². The molecule has 0 aromatic heterocycles. The lowest BCUT2D eigenvalue weighted by Gasteiger charge is -2.37. The smallest absolute Gasteiger partial charge is 0.298 e. The predicted octanol–water partition coefficient (Wildman–Crippen LogP) is 5.47. The van der Waals surface area contributed by atoms with Crippen LogP contribution >= 0.6 is 17.1 Å². The average molecular weight is 385 g/mol. The number of hydrogen-bond acceptors (Lipinski definition) is 6. The fourth-order valence-corrected chi connectivity index (χ4v) is 10.1. The Balaban J connectivity index is 1.74. The summed E-state index contributed by atoms with van der Waals surface area (Å²) in [4.78, 5) is 10.3. The van der Waals surface area contributed by atoms with Crippen molar-refractivity contribution >= 4 is 34.6 Å². The van der Waals surface area contributed by atoms with Crippen molar-refractivity contribution in [3.8, 4) is 5.75 Å². The molecular formula is C16H20NO4PS2. The number of nitrogens with zero attached hydrogens (tertiary/aromatic N) is 1. The Morgan fingerprint density at radius 2 is 2.21 bits per heavy atom. The van der Waals surface area contributed by atoms with Crippen LogP contribution in [0.3, 0.4) is 0 Å². The van der Waals surface area contributed by atoms with Crippen molar-refractivity contribution in [3.05, 3.63) is 46.5 Å². The second kappa shape index (κ2) is 6.45. The Kier molecular flexibility index (Phi) is 4.82. The fourth-order valence-electron chi connectivity index (χ4n) is 3.18. The number of non-ortho nitro benzene ring substituents is 1. The van der Waals surface area contributed by atoms with E-state index in [1.807, 2.05) is 0 Å². The Labute approximate surface area is 150 Å². The predicted molar refractivity (Wildman–Crippen MR) is 101 cm³/mol. The molecule has 5 nitrogen and oxygen atoms in total. The summed E-state index contributed by atoms with van der Waals surface area (Å²) in [5, 5.41) is 11.0. The summed E-state index contributed by atoms with van der Waals surface area (Å²) in [6, 6.07) is 6.00. The lowest BCUT2D eigenvalue weighted by Crippen LogP contribution is -2.40. The molecule has 1 saturated heterocycles. The van der Waals surface area contributed by atoms with Crippen LogP contribution in [-0.4, -0.2) is 15.8 Å². The number of benzene rings is 1. The molecule has 1 saturated carbocycles. The van der Waals surface area contributed by atoms with Crippen molar-refractivity contribution < 1.29 is 14.0 Å². The molecule has 1 aliphatic heterocycles. The summed E-state index contributed by atoms with van der Waals surface area (Å²) in [5.74, 6) is 1.04. The van der Waals surface area contributed by atoms with Gasteiger partial charge >= 0.3 is 0 Å². The van der Waals surface area contributed by atoms with E-state index in [1.54, 1.807) is 23.5 Å². The van der Waals surface area contributed by atoms with Crippen LogP contribution in [0, 0.1) is 16.0 Å². The minimum atomic E-state index is -2.51. The lowest BCUT2D eigenvalue weighted by atomic mass is 9.77. The zero-order valence-corrected chi connectivity index (χ0v) is 16.2. The van der Waals surface area contributed by atoms with Gasteiger partial charge in [0, 0.05) is 17.4 Å². The second-order valence-corrected chi connectivity index (χ2v) is 12.9. The fraction of sp³-hybridized carbons (Fsp3) is 0.500. The summed E-state index contributed by atoms with van der Waals surface area (Å²) in [5.41, 5.74) is -1.52. The third kappa shape index (κ3) is 3.54. The van der Waals surface area contributed by atoms with Crippen LogP contribution in [0.15, 0.2) is 36.4 Å². The molecule has 1 aliphatic carbocycles. The van der Waals surface area contributed by atoms with E-state index in [4.69, 9.17) is 20.9 Å². The molecule has 8 heteroatoms. The first-order valence-corrected chi connectivity index (χ1v) is 11.9. The van der Waals surface area contributed by atoms with Crippen LogP contribution in [0.4, 0.5) is 5.69 Å².